The molecule has 5 heteroatoms. The summed E-state index contributed by atoms with van der Waals surface area (Å²) in [5.74, 6) is -1.30. The predicted molar refractivity (Wildman–Crippen MR) is 74.3 cm³/mol. The molecule has 1 amide bonds. The van der Waals surface area contributed by atoms with E-state index in [4.69, 9.17) is 9.84 Å². The molecule has 1 aliphatic carbocycles. The fraction of sp³-hybridized carbons (Fsp3) is 0.867. The molecule has 0 aromatic rings. The maximum absolute atomic E-state index is 12.1. The first-order chi connectivity index (χ1) is 9.37. The van der Waals surface area contributed by atoms with Gasteiger partial charge in [0.05, 0.1) is 17.6 Å². The van der Waals surface area contributed by atoms with Crippen LogP contribution in [-0.2, 0) is 14.3 Å². The first-order valence-electron chi connectivity index (χ1n) is 7.56. The Labute approximate surface area is 120 Å². The van der Waals surface area contributed by atoms with Gasteiger partial charge in [0, 0.05) is 12.5 Å². The number of carbonyl (C=O) groups is 2. The van der Waals surface area contributed by atoms with Gasteiger partial charge in [-0.1, -0.05) is 6.42 Å². The Morgan fingerprint density at radius 1 is 1.25 bits per heavy atom. The SMILES string of the molecule is CC1(C)CCC(CNC(=O)C2CCCC(C(=O)O)C2)O1. The molecule has 5 nitrogen and oxygen atoms in total. The second kappa shape index (κ2) is 6.12. The zero-order valence-electron chi connectivity index (χ0n) is 12.4. The van der Waals surface area contributed by atoms with E-state index >= 15 is 0 Å². The van der Waals surface area contributed by atoms with Crippen molar-refractivity contribution in [1.29, 1.82) is 0 Å². The van der Waals surface area contributed by atoms with E-state index in [0.29, 0.717) is 19.4 Å². The highest BCUT2D eigenvalue weighted by Gasteiger charge is 2.34. The first-order valence-corrected chi connectivity index (χ1v) is 7.56. The lowest BCUT2D eigenvalue weighted by molar-refractivity contribution is -0.144. The first kappa shape index (κ1) is 15.3. The van der Waals surface area contributed by atoms with Crippen LogP contribution in [0.3, 0.4) is 0 Å². The quantitative estimate of drug-likeness (QED) is 0.827. The summed E-state index contributed by atoms with van der Waals surface area (Å²) in [4.78, 5) is 23.1. The Kier molecular flexibility index (Phi) is 4.68. The van der Waals surface area contributed by atoms with E-state index in [9.17, 15) is 9.59 Å². The highest BCUT2D eigenvalue weighted by molar-refractivity contribution is 5.80. The van der Waals surface area contributed by atoms with E-state index in [1.807, 2.05) is 0 Å². The van der Waals surface area contributed by atoms with Crippen LogP contribution in [0.2, 0.25) is 0 Å². The van der Waals surface area contributed by atoms with Gasteiger partial charge in [-0.2, -0.15) is 0 Å². The molecule has 3 unspecified atom stereocenters. The van der Waals surface area contributed by atoms with Crippen molar-refractivity contribution < 1.29 is 19.4 Å². The van der Waals surface area contributed by atoms with E-state index in [1.165, 1.54) is 0 Å². The normalized spacial score (nSPS) is 32.8. The average Bonchev–Trinajstić information content (AvgIpc) is 2.75. The molecule has 0 aromatic carbocycles. The van der Waals surface area contributed by atoms with Gasteiger partial charge in [-0.25, -0.2) is 0 Å². The molecule has 0 spiro atoms. The molecule has 2 aliphatic rings. The summed E-state index contributed by atoms with van der Waals surface area (Å²) < 4.78 is 5.84. The molecule has 1 aliphatic heterocycles. The summed E-state index contributed by atoms with van der Waals surface area (Å²) in [6.07, 6.45) is 4.85. The highest BCUT2D eigenvalue weighted by atomic mass is 16.5. The van der Waals surface area contributed by atoms with E-state index in [-0.39, 0.29) is 29.4 Å². The zero-order chi connectivity index (χ0) is 14.8. The Balaban J connectivity index is 1.76. The number of carboxylic acids is 1. The summed E-state index contributed by atoms with van der Waals surface area (Å²) in [6.45, 7) is 4.66. The molecule has 2 fully saturated rings. The van der Waals surface area contributed by atoms with Crippen molar-refractivity contribution in [2.24, 2.45) is 11.8 Å². The topological polar surface area (TPSA) is 75.6 Å². The number of carbonyl (C=O) groups excluding carboxylic acids is 1. The second-order valence-electron chi connectivity index (χ2n) is 6.68. The van der Waals surface area contributed by atoms with Crippen LogP contribution < -0.4 is 5.32 Å². The molecular formula is C15H25NO4. The van der Waals surface area contributed by atoms with Gasteiger partial charge in [-0.3, -0.25) is 9.59 Å². The fourth-order valence-corrected chi connectivity index (χ4v) is 3.23. The third kappa shape index (κ3) is 3.95. The smallest absolute Gasteiger partial charge is 0.306 e. The van der Waals surface area contributed by atoms with Gasteiger partial charge in [-0.15, -0.1) is 0 Å². The number of nitrogens with one attached hydrogen (secondary N) is 1. The maximum Gasteiger partial charge on any atom is 0.306 e. The number of amides is 1. The van der Waals surface area contributed by atoms with Gasteiger partial charge in [0.1, 0.15) is 0 Å². The monoisotopic (exact) mass is 283 g/mol. The summed E-state index contributed by atoms with van der Waals surface area (Å²) in [7, 11) is 0. The van der Waals surface area contributed by atoms with E-state index in [1.54, 1.807) is 0 Å². The third-order valence-corrected chi connectivity index (χ3v) is 4.45. The van der Waals surface area contributed by atoms with Gasteiger partial charge in [0.25, 0.3) is 0 Å². The lowest BCUT2D eigenvalue weighted by Crippen LogP contribution is -2.39. The Morgan fingerprint density at radius 3 is 2.55 bits per heavy atom. The molecule has 1 heterocycles. The largest absolute Gasteiger partial charge is 0.481 e. The number of hydrogen-bond donors (Lipinski definition) is 2. The molecular weight excluding hydrogens is 258 g/mol. The minimum absolute atomic E-state index is 0.00995. The number of aliphatic carboxylic acids is 1. The Hall–Kier alpha value is -1.10. The van der Waals surface area contributed by atoms with Gasteiger partial charge in [-0.05, 0) is 46.0 Å². The van der Waals surface area contributed by atoms with Gasteiger partial charge in [0.15, 0.2) is 0 Å². The minimum atomic E-state index is -0.775. The van der Waals surface area contributed by atoms with Crippen molar-refractivity contribution >= 4 is 11.9 Å². The molecule has 1 saturated carbocycles. The number of rotatable bonds is 4. The molecule has 2 rings (SSSR count). The van der Waals surface area contributed by atoms with Crippen LogP contribution in [0.25, 0.3) is 0 Å². The van der Waals surface area contributed by atoms with E-state index in [0.717, 1.165) is 25.7 Å². The minimum Gasteiger partial charge on any atom is -0.481 e. The van der Waals surface area contributed by atoms with Crippen molar-refractivity contribution in [3.05, 3.63) is 0 Å². The lowest BCUT2D eigenvalue weighted by Gasteiger charge is -2.26. The summed E-state index contributed by atoms with van der Waals surface area (Å²) in [5, 5.41) is 12.0. The molecule has 0 radical (unpaired) electrons. The average molecular weight is 283 g/mol. The summed E-state index contributed by atoms with van der Waals surface area (Å²) >= 11 is 0. The van der Waals surface area contributed by atoms with Crippen LogP contribution in [-0.4, -0.2) is 35.2 Å². The Morgan fingerprint density at radius 2 is 1.95 bits per heavy atom. The summed E-state index contributed by atoms with van der Waals surface area (Å²) in [5.41, 5.74) is -0.0887. The fourth-order valence-electron chi connectivity index (χ4n) is 3.23. The van der Waals surface area contributed by atoms with Gasteiger partial charge < -0.3 is 15.2 Å². The van der Waals surface area contributed by atoms with Crippen LogP contribution in [0.1, 0.15) is 52.4 Å². The summed E-state index contributed by atoms with van der Waals surface area (Å²) in [6, 6.07) is 0. The number of hydrogen-bond acceptors (Lipinski definition) is 3. The van der Waals surface area contributed by atoms with Crippen molar-refractivity contribution in [2.75, 3.05) is 6.54 Å². The van der Waals surface area contributed by atoms with Crippen LogP contribution >= 0.6 is 0 Å². The molecule has 1 saturated heterocycles. The molecule has 20 heavy (non-hydrogen) atoms. The molecule has 3 atom stereocenters. The zero-order valence-corrected chi connectivity index (χ0v) is 12.4. The van der Waals surface area contributed by atoms with Crippen molar-refractivity contribution in [2.45, 2.75) is 64.1 Å². The lowest BCUT2D eigenvalue weighted by atomic mass is 9.81. The molecule has 0 bridgehead atoms. The Bertz CT molecular complexity index is 380. The van der Waals surface area contributed by atoms with Crippen LogP contribution in [0, 0.1) is 11.8 Å². The van der Waals surface area contributed by atoms with Gasteiger partial charge >= 0.3 is 5.97 Å². The maximum atomic E-state index is 12.1. The van der Waals surface area contributed by atoms with Crippen LogP contribution in [0.5, 0.6) is 0 Å². The third-order valence-electron chi connectivity index (χ3n) is 4.45. The number of carboxylic acid groups (broad SMARTS) is 1. The van der Waals surface area contributed by atoms with E-state index < -0.39 is 5.97 Å². The molecule has 2 N–H and O–H groups in total. The van der Waals surface area contributed by atoms with Crippen LogP contribution in [0.15, 0.2) is 0 Å². The second-order valence-corrected chi connectivity index (χ2v) is 6.68. The standard InChI is InChI=1S/C15H25NO4/c1-15(2)7-6-12(20-15)9-16-13(17)10-4-3-5-11(8-10)14(18)19/h10-12H,3-9H2,1-2H3,(H,16,17)(H,18,19). The van der Waals surface area contributed by atoms with E-state index in [2.05, 4.69) is 19.2 Å². The van der Waals surface area contributed by atoms with Crippen molar-refractivity contribution in [3.8, 4) is 0 Å². The number of ether oxygens (including phenoxy) is 1. The van der Waals surface area contributed by atoms with Crippen molar-refractivity contribution in [3.63, 3.8) is 0 Å². The van der Waals surface area contributed by atoms with Crippen molar-refractivity contribution in [1.82, 2.24) is 5.32 Å². The predicted octanol–water partition coefficient (Wildman–Crippen LogP) is 1.95. The highest BCUT2D eigenvalue weighted by Crippen LogP contribution is 2.30. The molecule has 114 valence electrons. The van der Waals surface area contributed by atoms with Gasteiger partial charge in [0.2, 0.25) is 5.91 Å². The van der Waals surface area contributed by atoms with Crippen LogP contribution in [0.4, 0.5) is 0 Å². The molecule has 0 aromatic heterocycles.